The topological polar surface area (TPSA) is 61.8 Å². The summed E-state index contributed by atoms with van der Waals surface area (Å²) in [6, 6.07) is 0. The van der Waals surface area contributed by atoms with E-state index >= 15 is 0 Å². The highest BCUT2D eigenvalue weighted by Gasteiger charge is 2.17. The fourth-order valence-electron chi connectivity index (χ4n) is 7.90. The van der Waals surface area contributed by atoms with E-state index in [9.17, 15) is 9.59 Å². The van der Waals surface area contributed by atoms with Gasteiger partial charge in [-0.2, -0.15) is 0 Å². The number of unbranched alkanes of at least 4 members (excludes halogenated alkanes) is 25. The Bertz CT molecular complexity index is 1300. The first kappa shape index (κ1) is 64.8. The van der Waals surface area contributed by atoms with Gasteiger partial charge in [0.1, 0.15) is 6.61 Å². The Balaban J connectivity index is 4.30. The van der Waals surface area contributed by atoms with E-state index < -0.39 is 6.10 Å². The van der Waals surface area contributed by atoms with Gasteiger partial charge in [-0.1, -0.05) is 253 Å². The third-order valence-electron chi connectivity index (χ3n) is 12.1. The molecule has 0 aromatic heterocycles. The van der Waals surface area contributed by atoms with Crippen molar-refractivity contribution in [1.29, 1.82) is 0 Å². The summed E-state index contributed by atoms with van der Waals surface area (Å²) in [6.45, 7) is 7.58. The quantitative estimate of drug-likeness (QED) is 0.0345. The Morgan fingerprint density at radius 1 is 0.338 bits per heavy atom. The number of allylic oxidation sites excluding steroid dienone is 16. The summed E-state index contributed by atoms with van der Waals surface area (Å²) in [5, 5.41) is 0. The van der Waals surface area contributed by atoms with Gasteiger partial charge in [0, 0.05) is 19.4 Å². The van der Waals surface area contributed by atoms with Gasteiger partial charge in [-0.25, -0.2) is 0 Å². The first-order chi connectivity index (χ1) is 33.6. The van der Waals surface area contributed by atoms with Gasteiger partial charge in [-0.15, -0.1) is 0 Å². The van der Waals surface area contributed by atoms with Gasteiger partial charge in [0.05, 0.1) is 6.61 Å². The average Bonchev–Trinajstić information content (AvgIpc) is 3.34. The molecule has 0 aromatic rings. The largest absolute Gasteiger partial charge is 0.462 e. The van der Waals surface area contributed by atoms with E-state index in [2.05, 4.69) is 118 Å². The minimum Gasteiger partial charge on any atom is -0.462 e. The summed E-state index contributed by atoms with van der Waals surface area (Å²) in [5.74, 6) is -0.415. The van der Waals surface area contributed by atoms with Crippen molar-refractivity contribution in [3.8, 4) is 0 Å². The molecule has 0 saturated heterocycles. The van der Waals surface area contributed by atoms with Crippen molar-refractivity contribution >= 4 is 11.9 Å². The van der Waals surface area contributed by atoms with Crippen LogP contribution in [0.5, 0.6) is 0 Å². The molecule has 1 atom stereocenters. The molecule has 1 unspecified atom stereocenters. The maximum atomic E-state index is 12.8. The van der Waals surface area contributed by atoms with Crippen LogP contribution >= 0.6 is 0 Å². The van der Waals surface area contributed by atoms with Gasteiger partial charge < -0.3 is 14.2 Å². The number of carbonyl (C=O) groups excluding carboxylic acids is 2. The number of hydrogen-bond donors (Lipinski definition) is 0. The summed E-state index contributed by atoms with van der Waals surface area (Å²) >= 11 is 0. The monoisotopic (exact) mass is 945 g/mol. The number of ether oxygens (including phenoxy) is 3. The molecule has 0 N–H and O–H groups in total. The maximum absolute atomic E-state index is 12.8. The molecule has 5 heteroatoms. The summed E-state index contributed by atoms with van der Waals surface area (Å²) < 4.78 is 17.5. The zero-order valence-corrected chi connectivity index (χ0v) is 44.8. The molecule has 0 fully saturated rings. The van der Waals surface area contributed by atoms with Crippen LogP contribution in [0, 0.1) is 0 Å². The number of hydrogen-bond acceptors (Lipinski definition) is 5. The van der Waals surface area contributed by atoms with Gasteiger partial charge in [0.2, 0.25) is 0 Å². The zero-order valence-electron chi connectivity index (χ0n) is 44.8. The van der Waals surface area contributed by atoms with Crippen molar-refractivity contribution in [3.05, 3.63) is 97.2 Å². The van der Waals surface area contributed by atoms with Gasteiger partial charge >= 0.3 is 11.9 Å². The van der Waals surface area contributed by atoms with Gasteiger partial charge in [-0.3, -0.25) is 9.59 Å². The standard InChI is InChI=1S/C63H108O5/c1-4-7-10-13-16-19-22-25-27-29-31-33-35-37-40-43-46-49-52-55-58-66-59-61(68-63(65)57-54-51-48-45-42-38-24-21-18-15-12-9-6-3)60-67-62(64)56-53-50-47-44-41-39-36-34-32-30-28-26-23-20-17-14-11-8-5-2/h7-8,10-11,16-17,19-20,25-28,31-34,61H,4-6,9,12-15,18,21-24,29-30,35-60H2,1-3H3/b10-7-,11-8-,19-16-,20-17-,27-25-,28-26-,33-31-,34-32-. The second-order valence-corrected chi connectivity index (χ2v) is 18.8. The Morgan fingerprint density at radius 2 is 0.662 bits per heavy atom. The molecule has 0 radical (unpaired) electrons. The molecule has 0 saturated carbocycles. The number of esters is 2. The van der Waals surface area contributed by atoms with Crippen LogP contribution in [0.2, 0.25) is 0 Å². The SMILES string of the molecule is CC/C=C\C/C=C\C/C=C\C/C=C\CCCCCCCCCOCC(COC(=O)CCCCCCCC/C=C\C/C=C\C/C=C\C/C=C\CC)OC(=O)CCCCCCCCCCCCCCC. The Hall–Kier alpha value is -3.18. The lowest BCUT2D eigenvalue weighted by Crippen LogP contribution is -2.30. The van der Waals surface area contributed by atoms with Crippen LogP contribution < -0.4 is 0 Å². The van der Waals surface area contributed by atoms with Gasteiger partial charge in [0.25, 0.3) is 0 Å². The highest BCUT2D eigenvalue weighted by atomic mass is 16.6. The van der Waals surface area contributed by atoms with E-state index in [-0.39, 0.29) is 25.2 Å². The lowest BCUT2D eigenvalue weighted by molar-refractivity contribution is -0.163. The Morgan fingerprint density at radius 3 is 1.06 bits per heavy atom. The van der Waals surface area contributed by atoms with Crippen LogP contribution in [0.25, 0.3) is 0 Å². The highest BCUT2D eigenvalue weighted by Crippen LogP contribution is 2.15. The van der Waals surface area contributed by atoms with Crippen molar-refractivity contribution in [1.82, 2.24) is 0 Å². The second kappa shape index (κ2) is 58.1. The molecule has 0 amide bonds. The van der Waals surface area contributed by atoms with Crippen LogP contribution in [-0.2, 0) is 23.8 Å². The fraction of sp³-hybridized carbons (Fsp3) is 0.714. The van der Waals surface area contributed by atoms with Crippen molar-refractivity contribution in [3.63, 3.8) is 0 Å². The minimum atomic E-state index is -0.552. The van der Waals surface area contributed by atoms with Gasteiger partial charge in [-0.05, 0) is 96.3 Å². The molecule has 68 heavy (non-hydrogen) atoms. The molecular formula is C63H108O5. The molecule has 0 aliphatic rings. The lowest BCUT2D eigenvalue weighted by Gasteiger charge is -2.18. The molecular weight excluding hydrogens is 837 g/mol. The van der Waals surface area contributed by atoms with Crippen LogP contribution in [0.15, 0.2) is 97.2 Å². The first-order valence-corrected chi connectivity index (χ1v) is 28.8. The van der Waals surface area contributed by atoms with E-state index in [4.69, 9.17) is 14.2 Å². The van der Waals surface area contributed by atoms with Crippen molar-refractivity contribution in [2.45, 2.75) is 271 Å². The van der Waals surface area contributed by atoms with Crippen LogP contribution in [0.1, 0.15) is 265 Å². The molecule has 0 rings (SSSR count). The van der Waals surface area contributed by atoms with Crippen LogP contribution in [-0.4, -0.2) is 37.9 Å². The fourth-order valence-corrected chi connectivity index (χ4v) is 7.90. The number of carbonyl (C=O) groups is 2. The highest BCUT2D eigenvalue weighted by molar-refractivity contribution is 5.70. The van der Waals surface area contributed by atoms with Gasteiger partial charge in [0.15, 0.2) is 6.10 Å². The summed E-state index contributed by atoms with van der Waals surface area (Å²) in [5.41, 5.74) is 0. The smallest absolute Gasteiger partial charge is 0.306 e. The normalized spacial score (nSPS) is 12.9. The molecule has 0 spiro atoms. The van der Waals surface area contributed by atoms with Crippen molar-refractivity contribution in [2.24, 2.45) is 0 Å². The molecule has 0 heterocycles. The predicted molar refractivity (Wildman–Crippen MR) is 297 cm³/mol. The molecule has 0 aromatic carbocycles. The van der Waals surface area contributed by atoms with E-state index in [1.54, 1.807) is 0 Å². The third-order valence-corrected chi connectivity index (χ3v) is 12.1. The van der Waals surface area contributed by atoms with Crippen molar-refractivity contribution < 1.29 is 23.8 Å². The van der Waals surface area contributed by atoms with Crippen LogP contribution in [0.3, 0.4) is 0 Å². The molecule has 0 aliphatic carbocycles. The van der Waals surface area contributed by atoms with Crippen LogP contribution in [0.4, 0.5) is 0 Å². The molecule has 0 aliphatic heterocycles. The summed E-state index contributed by atoms with van der Waals surface area (Å²) in [7, 11) is 0. The van der Waals surface area contributed by atoms with Crippen molar-refractivity contribution in [2.75, 3.05) is 19.8 Å². The zero-order chi connectivity index (χ0) is 49.2. The molecule has 390 valence electrons. The first-order valence-electron chi connectivity index (χ1n) is 28.8. The maximum Gasteiger partial charge on any atom is 0.306 e. The molecule has 5 nitrogen and oxygen atoms in total. The van der Waals surface area contributed by atoms with E-state index in [1.807, 2.05) is 0 Å². The Kier molecular flexibility index (Phi) is 55.4. The average molecular weight is 946 g/mol. The lowest BCUT2D eigenvalue weighted by atomic mass is 10.0. The third kappa shape index (κ3) is 55.4. The second-order valence-electron chi connectivity index (χ2n) is 18.8. The predicted octanol–water partition coefficient (Wildman–Crippen LogP) is 19.8. The van der Waals surface area contributed by atoms with E-state index in [0.29, 0.717) is 19.4 Å². The van der Waals surface area contributed by atoms with E-state index in [1.165, 1.54) is 128 Å². The number of rotatable bonds is 52. The Labute approximate surface area is 422 Å². The molecule has 0 bridgehead atoms. The minimum absolute atomic E-state index is 0.0708. The summed E-state index contributed by atoms with van der Waals surface area (Å²) in [6.07, 6.45) is 78.5. The van der Waals surface area contributed by atoms with E-state index in [0.717, 1.165) is 103 Å². The summed E-state index contributed by atoms with van der Waals surface area (Å²) in [4.78, 5) is 25.5.